The Kier molecular flexibility index (Phi) is 4.32. The molecule has 21 heavy (non-hydrogen) atoms. The van der Waals surface area contributed by atoms with Crippen molar-refractivity contribution in [3.63, 3.8) is 0 Å². The topological polar surface area (TPSA) is 41.1 Å². The van der Waals surface area contributed by atoms with Gasteiger partial charge in [0, 0.05) is 11.4 Å². The molecule has 110 valence electrons. The van der Waals surface area contributed by atoms with Crippen molar-refractivity contribution >= 4 is 17.4 Å². The van der Waals surface area contributed by atoms with Crippen molar-refractivity contribution in [2.75, 3.05) is 10.6 Å². The quantitative estimate of drug-likeness (QED) is 0.810. The van der Waals surface area contributed by atoms with Gasteiger partial charge < -0.3 is 10.6 Å². The maximum atomic E-state index is 12.3. The zero-order chi connectivity index (χ0) is 15.6. The Hall–Kier alpha value is -2.29. The number of anilines is 2. The summed E-state index contributed by atoms with van der Waals surface area (Å²) < 4.78 is 0. The molecule has 0 aliphatic carbocycles. The van der Waals surface area contributed by atoms with Crippen LogP contribution in [0.1, 0.15) is 27.8 Å². The molecule has 3 nitrogen and oxygen atoms in total. The van der Waals surface area contributed by atoms with E-state index >= 15 is 0 Å². The molecule has 2 aromatic rings. The number of benzene rings is 2. The minimum absolute atomic E-state index is 0.206. The van der Waals surface area contributed by atoms with Crippen LogP contribution >= 0.6 is 0 Å². The number of aryl methyl sites for hydroxylation is 5. The third-order valence-electron chi connectivity index (χ3n) is 3.64. The second-order valence-electron chi connectivity index (χ2n) is 5.62. The van der Waals surface area contributed by atoms with Gasteiger partial charge in [0.1, 0.15) is 0 Å². The van der Waals surface area contributed by atoms with E-state index in [9.17, 15) is 4.79 Å². The summed E-state index contributed by atoms with van der Waals surface area (Å²) in [5, 5.41) is 5.90. The van der Waals surface area contributed by atoms with Crippen LogP contribution in [-0.4, -0.2) is 6.03 Å². The Bertz CT molecular complexity index is 646. The first-order chi connectivity index (χ1) is 9.88. The fourth-order valence-corrected chi connectivity index (χ4v) is 2.65. The molecule has 3 heteroatoms. The van der Waals surface area contributed by atoms with Crippen molar-refractivity contribution in [1.29, 1.82) is 0 Å². The van der Waals surface area contributed by atoms with Crippen molar-refractivity contribution in [2.24, 2.45) is 0 Å². The molecule has 2 amide bonds. The molecule has 0 saturated carbocycles. The first kappa shape index (κ1) is 15.1. The zero-order valence-corrected chi connectivity index (χ0v) is 13.3. The maximum Gasteiger partial charge on any atom is 0.323 e. The monoisotopic (exact) mass is 282 g/mol. The smallest absolute Gasteiger partial charge is 0.307 e. The van der Waals surface area contributed by atoms with E-state index in [1.165, 1.54) is 5.56 Å². The summed E-state index contributed by atoms with van der Waals surface area (Å²) in [6.45, 7) is 10.1. The van der Waals surface area contributed by atoms with E-state index in [0.29, 0.717) is 0 Å². The van der Waals surface area contributed by atoms with Crippen LogP contribution in [0.15, 0.2) is 30.3 Å². The summed E-state index contributed by atoms with van der Waals surface area (Å²) in [5.41, 5.74) is 7.21. The molecule has 0 spiro atoms. The summed E-state index contributed by atoms with van der Waals surface area (Å²) in [5.74, 6) is 0. The number of carbonyl (C=O) groups is 1. The van der Waals surface area contributed by atoms with E-state index in [-0.39, 0.29) is 6.03 Å². The Morgan fingerprint density at radius 3 is 1.67 bits per heavy atom. The predicted molar refractivity (Wildman–Crippen MR) is 89.2 cm³/mol. The molecule has 0 saturated heterocycles. The molecule has 0 atom stereocenters. The number of nitrogens with one attached hydrogen (secondary N) is 2. The van der Waals surface area contributed by atoms with Gasteiger partial charge in [-0.15, -0.1) is 0 Å². The van der Waals surface area contributed by atoms with E-state index in [0.717, 1.165) is 33.6 Å². The van der Waals surface area contributed by atoms with Gasteiger partial charge in [-0.05, 0) is 56.9 Å². The lowest BCUT2D eigenvalue weighted by molar-refractivity contribution is 0.262. The SMILES string of the molecule is Cc1cc(C)c(NC(=O)Nc2c(C)cccc2C)c(C)c1. The van der Waals surface area contributed by atoms with Crippen LogP contribution in [0, 0.1) is 34.6 Å². The molecule has 2 N–H and O–H groups in total. The Morgan fingerprint density at radius 2 is 1.19 bits per heavy atom. The molecule has 0 fully saturated rings. The molecule has 0 bridgehead atoms. The van der Waals surface area contributed by atoms with Crippen molar-refractivity contribution in [1.82, 2.24) is 0 Å². The van der Waals surface area contributed by atoms with Gasteiger partial charge in [-0.3, -0.25) is 0 Å². The van der Waals surface area contributed by atoms with Gasteiger partial charge >= 0.3 is 6.03 Å². The van der Waals surface area contributed by atoms with Crippen molar-refractivity contribution < 1.29 is 4.79 Å². The average Bonchev–Trinajstić information content (AvgIpc) is 2.38. The van der Waals surface area contributed by atoms with E-state index in [1.54, 1.807) is 0 Å². The fourth-order valence-electron chi connectivity index (χ4n) is 2.65. The normalized spacial score (nSPS) is 10.3. The van der Waals surface area contributed by atoms with Crippen LogP contribution in [0.4, 0.5) is 16.2 Å². The van der Waals surface area contributed by atoms with Gasteiger partial charge in [-0.2, -0.15) is 0 Å². The molecule has 2 rings (SSSR count). The van der Waals surface area contributed by atoms with Gasteiger partial charge in [0.2, 0.25) is 0 Å². The number of amides is 2. The standard InChI is InChI=1S/C18H22N2O/c1-11-9-14(4)17(15(5)10-11)20-18(21)19-16-12(2)7-6-8-13(16)3/h6-10H,1-5H3,(H2,19,20,21). The minimum atomic E-state index is -0.206. The third-order valence-corrected chi connectivity index (χ3v) is 3.64. The second-order valence-corrected chi connectivity index (χ2v) is 5.62. The van der Waals surface area contributed by atoms with Crippen LogP contribution in [-0.2, 0) is 0 Å². The van der Waals surface area contributed by atoms with E-state index in [1.807, 2.05) is 45.9 Å². The Balaban J connectivity index is 2.20. The number of rotatable bonds is 2. The maximum absolute atomic E-state index is 12.3. The average molecular weight is 282 g/mol. The van der Waals surface area contributed by atoms with Crippen molar-refractivity contribution in [3.05, 3.63) is 58.1 Å². The van der Waals surface area contributed by atoms with E-state index in [2.05, 4.69) is 29.7 Å². The zero-order valence-electron chi connectivity index (χ0n) is 13.3. The van der Waals surface area contributed by atoms with E-state index < -0.39 is 0 Å². The van der Waals surface area contributed by atoms with Gasteiger partial charge in [0.25, 0.3) is 0 Å². The molecule has 0 aromatic heterocycles. The summed E-state index contributed by atoms with van der Waals surface area (Å²) in [4.78, 5) is 12.3. The lowest BCUT2D eigenvalue weighted by atomic mass is 10.1. The molecule has 2 aromatic carbocycles. The molecule has 0 radical (unpaired) electrons. The summed E-state index contributed by atoms with van der Waals surface area (Å²) >= 11 is 0. The van der Waals surface area contributed by atoms with Crippen LogP contribution in [0.25, 0.3) is 0 Å². The van der Waals surface area contributed by atoms with Crippen molar-refractivity contribution in [2.45, 2.75) is 34.6 Å². The highest BCUT2D eigenvalue weighted by molar-refractivity contribution is 6.01. The summed E-state index contributed by atoms with van der Waals surface area (Å²) in [6.07, 6.45) is 0. The first-order valence-electron chi connectivity index (χ1n) is 7.10. The van der Waals surface area contributed by atoms with E-state index in [4.69, 9.17) is 0 Å². The molecular weight excluding hydrogens is 260 g/mol. The summed E-state index contributed by atoms with van der Waals surface area (Å²) in [6, 6.07) is 9.91. The Labute approximate surface area is 126 Å². The highest BCUT2D eigenvalue weighted by Gasteiger charge is 2.10. The molecule has 0 unspecified atom stereocenters. The van der Waals surface area contributed by atoms with Crippen LogP contribution in [0.3, 0.4) is 0 Å². The van der Waals surface area contributed by atoms with Gasteiger partial charge in [0.05, 0.1) is 0 Å². The number of para-hydroxylation sites is 1. The van der Waals surface area contributed by atoms with Gasteiger partial charge in [-0.1, -0.05) is 35.9 Å². The lowest BCUT2D eigenvalue weighted by Gasteiger charge is -2.15. The Morgan fingerprint density at radius 1 is 0.762 bits per heavy atom. The molecular formula is C18H22N2O. The largest absolute Gasteiger partial charge is 0.323 e. The lowest BCUT2D eigenvalue weighted by Crippen LogP contribution is -2.21. The minimum Gasteiger partial charge on any atom is -0.307 e. The molecule has 0 aliphatic heterocycles. The van der Waals surface area contributed by atoms with Crippen LogP contribution in [0.5, 0.6) is 0 Å². The molecule has 0 heterocycles. The third kappa shape index (κ3) is 3.43. The molecule has 0 aliphatic rings. The number of hydrogen-bond donors (Lipinski definition) is 2. The highest BCUT2D eigenvalue weighted by Crippen LogP contribution is 2.23. The highest BCUT2D eigenvalue weighted by atomic mass is 16.2. The first-order valence-corrected chi connectivity index (χ1v) is 7.10. The van der Waals surface area contributed by atoms with Gasteiger partial charge in [0.15, 0.2) is 0 Å². The number of hydrogen-bond acceptors (Lipinski definition) is 1. The second kappa shape index (κ2) is 6.00. The fraction of sp³-hybridized carbons (Fsp3) is 0.278. The van der Waals surface area contributed by atoms with Crippen molar-refractivity contribution in [3.8, 4) is 0 Å². The van der Waals surface area contributed by atoms with Gasteiger partial charge in [-0.25, -0.2) is 4.79 Å². The number of urea groups is 1. The number of carbonyl (C=O) groups excluding carboxylic acids is 1. The van der Waals surface area contributed by atoms with Crippen LogP contribution in [0.2, 0.25) is 0 Å². The van der Waals surface area contributed by atoms with Crippen LogP contribution < -0.4 is 10.6 Å². The summed E-state index contributed by atoms with van der Waals surface area (Å²) in [7, 11) is 0. The predicted octanol–water partition coefficient (Wildman–Crippen LogP) is 4.87.